The predicted octanol–water partition coefficient (Wildman–Crippen LogP) is 2.61. The average molecular weight is 460 g/mol. The minimum atomic E-state index is -4.95. The topological polar surface area (TPSA) is 135 Å². The van der Waals surface area contributed by atoms with Gasteiger partial charge in [0.15, 0.2) is 9.84 Å². The molecular formula is C18H19F3N4O5S. The molecule has 0 radical (unpaired) electrons. The Morgan fingerprint density at radius 1 is 1.32 bits per heavy atom. The van der Waals surface area contributed by atoms with Gasteiger partial charge in [0.1, 0.15) is 18.0 Å². The number of nitrogens with zero attached hydrogens (tertiary/aromatic N) is 2. The molecule has 31 heavy (non-hydrogen) atoms. The summed E-state index contributed by atoms with van der Waals surface area (Å²) >= 11 is 0. The van der Waals surface area contributed by atoms with Crippen molar-refractivity contribution in [2.75, 3.05) is 19.4 Å². The summed E-state index contributed by atoms with van der Waals surface area (Å²) in [4.78, 5) is 15.6. The number of hydrogen-bond donors (Lipinski definition) is 2. The first-order chi connectivity index (χ1) is 14.3. The molecule has 0 spiro atoms. The minimum absolute atomic E-state index is 0.0115. The minimum Gasteiger partial charge on any atom is -0.465 e. The highest BCUT2D eigenvalue weighted by Gasteiger charge is 2.37. The third-order valence-corrected chi connectivity index (χ3v) is 5.02. The smallest absolute Gasteiger partial charge is 0.433 e. The third-order valence-electron chi connectivity index (χ3n) is 3.91. The number of hydrogen-bond acceptors (Lipinski definition) is 9. The number of alkyl halides is 3. The van der Waals surface area contributed by atoms with Crippen LogP contribution >= 0.6 is 0 Å². The first kappa shape index (κ1) is 24.1. The van der Waals surface area contributed by atoms with Crippen LogP contribution in [0.3, 0.4) is 0 Å². The molecule has 0 amide bonds. The number of esters is 1. The summed E-state index contributed by atoms with van der Waals surface area (Å²) in [5.41, 5.74) is -2.39. The zero-order valence-electron chi connectivity index (χ0n) is 16.7. The van der Waals surface area contributed by atoms with Gasteiger partial charge in [0.05, 0.1) is 11.5 Å². The Morgan fingerprint density at radius 3 is 2.58 bits per heavy atom. The van der Waals surface area contributed by atoms with Gasteiger partial charge >= 0.3 is 12.1 Å². The second-order valence-electron chi connectivity index (χ2n) is 6.25. The van der Waals surface area contributed by atoms with E-state index in [1.54, 1.807) is 6.92 Å². The quantitative estimate of drug-likeness (QED) is 0.453. The monoisotopic (exact) mass is 460 g/mol. The van der Waals surface area contributed by atoms with Gasteiger partial charge in [-0.3, -0.25) is 10.2 Å². The van der Waals surface area contributed by atoms with Gasteiger partial charge in [-0.05, 0) is 26.0 Å². The van der Waals surface area contributed by atoms with E-state index in [1.165, 1.54) is 24.3 Å². The molecule has 0 bridgehead atoms. The van der Waals surface area contributed by atoms with Gasteiger partial charge in [-0.15, -0.1) is 0 Å². The zero-order chi connectivity index (χ0) is 23.4. The second kappa shape index (κ2) is 9.29. The Morgan fingerprint density at radius 2 is 2.00 bits per heavy atom. The summed E-state index contributed by atoms with van der Waals surface area (Å²) in [6, 6.07) is 5.58. The van der Waals surface area contributed by atoms with E-state index >= 15 is 0 Å². The number of aromatic nitrogens is 2. The maximum Gasteiger partial charge on any atom is 0.433 e. The van der Waals surface area contributed by atoms with Crippen LogP contribution in [0.15, 0.2) is 39.3 Å². The van der Waals surface area contributed by atoms with Crippen LogP contribution in [0.1, 0.15) is 19.7 Å². The van der Waals surface area contributed by atoms with Crippen LogP contribution in [-0.4, -0.2) is 55.8 Å². The van der Waals surface area contributed by atoms with Crippen molar-refractivity contribution in [1.82, 2.24) is 15.5 Å². The van der Waals surface area contributed by atoms with Crippen LogP contribution in [0.2, 0.25) is 0 Å². The summed E-state index contributed by atoms with van der Waals surface area (Å²) < 4.78 is 72.3. The van der Waals surface area contributed by atoms with Crippen molar-refractivity contribution in [2.24, 2.45) is 0 Å². The molecule has 0 unspecified atom stereocenters. The van der Waals surface area contributed by atoms with Crippen LogP contribution in [0.4, 0.5) is 13.2 Å². The number of nitrogens with one attached hydrogen (secondary N) is 2. The van der Waals surface area contributed by atoms with Crippen molar-refractivity contribution >= 4 is 27.2 Å². The summed E-state index contributed by atoms with van der Waals surface area (Å²) in [7, 11) is -3.52. The lowest BCUT2D eigenvalue weighted by atomic mass is 10.1. The molecule has 0 saturated heterocycles. The molecular weight excluding hydrogens is 441 g/mol. The molecule has 0 saturated carbocycles. The number of halogens is 3. The third kappa shape index (κ3) is 6.13. The lowest BCUT2D eigenvalue weighted by molar-refractivity contribution is -0.141. The van der Waals surface area contributed by atoms with Gasteiger partial charge in [0.25, 0.3) is 5.89 Å². The molecule has 13 heteroatoms. The van der Waals surface area contributed by atoms with E-state index in [0.717, 1.165) is 13.2 Å². The van der Waals surface area contributed by atoms with E-state index in [1.807, 2.05) is 0 Å². The van der Waals surface area contributed by atoms with E-state index < -0.39 is 45.7 Å². The van der Waals surface area contributed by atoms with Crippen LogP contribution in [0.5, 0.6) is 0 Å². The van der Waals surface area contributed by atoms with Crippen molar-refractivity contribution in [3.05, 3.63) is 35.7 Å². The van der Waals surface area contributed by atoms with Crippen molar-refractivity contribution < 1.29 is 35.6 Å². The fourth-order valence-electron chi connectivity index (χ4n) is 2.39. The molecule has 1 heterocycles. The molecule has 9 nitrogen and oxygen atoms in total. The Labute approximate surface area is 175 Å². The predicted molar refractivity (Wildman–Crippen MR) is 104 cm³/mol. The lowest BCUT2D eigenvalue weighted by Crippen LogP contribution is -2.29. The summed E-state index contributed by atoms with van der Waals surface area (Å²) in [6.07, 6.45) is -3.94. The number of sulfone groups is 1. The molecule has 0 aliphatic rings. The van der Waals surface area contributed by atoms with Crippen molar-refractivity contribution in [1.29, 1.82) is 5.41 Å². The molecule has 1 aromatic heterocycles. The highest BCUT2D eigenvalue weighted by molar-refractivity contribution is 7.90. The molecule has 0 aliphatic heterocycles. The summed E-state index contributed by atoms with van der Waals surface area (Å²) in [5.74, 6) is -1.26. The Bertz CT molecular complexity index is 1120. The number of benzene rings is 1. The Kier molecular flexibility index (Phi) is 7.21. The first-order valence-corrected chi connectivity index (χ1v) is 10.6. The molecule has 0 fully saturated rings. The highest BCUT2D eigenvalue weighted by Crippen LogP contribution is 2.27. The maximum absolute atomic E-state index is 13.0. The molecule has 2 aromatic rings. The first-order valence-electron chi connectivity index (χ1n) is 8.75. The average Bonchev–Trinajstić information content (AvgIpc) is 3.16. The maximum atomic E-state index is 13.0. The largest absolute Gasteiger partial charge is 0.465 e. The second-order valence-corrected chi connectivity index (χ2v) is 8.27. The normalized spacial score (nSPS) is 12.8. The van der Waals surface area contributed by atoms with Crippen LogP contribution in [-0.2, 0) is 19.4 Å². The fraction of sp³-hybridized carbons (Fsp3) is 0.333. The van der Waals surface area contributed by atoms with Gasteiger partial charge in [0.2, 0.25) is 5.82 Å². The van der Waals surface area contributed by atoms with E-state index in [2.05, 4.69) is 15.5 Å². The lowest BCUT2D eigenvalue weighted by Gasteiger charge is -2.14. The van der Waals surface area contributed by atoms with Crippen LogP contribution < -0.4 is 5.32 Å². The summed E-state index contributed by atoms with van der Waals surface area (Å²) in [5, 5.41) is 13.5. The Balaban J connectivity index is 2.48. The highest BCUT2D eigenvalue weighted by atomic mass is 32.2. The van der Waals surface area contributed by atoms with Crippen LogP contribution in [0.25, 0.3) is 17.1 Å². The zero-order valence-corrected chi connectivity index (χ0v) is 17.5. The molecule has 0 aliphatic carbocycles. The van der Waals surface area contributed by atoms with Crippen LogP contribution in [0, 0.1) is 5.41 Å². The van der Waals surface area contributed by atoms with E-state index in [0.29, 0.717) is 0 Å². The van der Waals surface area contributed by atoms with Crippen molar-refractivity contribution in [3.63, 3.8) is 0 Å². The molecule has 2 N–H and O–H groups in total. The number of ether oxygens (including phenoxy) is 1. The molecule has 1 aromatic carbocycles. The molecule has 2 rings (SSSR count). The number of carbonyl (C=O) groups excluding carboxylic acids is 1. The van der Waals surface area contributed by atoms with Gasteiger partial charge < -0.3 is 14.6 Å². The van der Waals surface area contributed by atoms with Crippen molar-refractivity contribution in [3.8, 4) is 11.4 Å². The van der Waals surface area contributed by atoms with Gasteiger partial charge in [-0.25, -0.2) is 8.42 Å². The Hall–Kier alpha value is -3.22. The van der Waals surface area contributed by atoms with E-state index in [9.17, 15) is 26.4 Å². The van der Waals surface area contributed by atoms with E-state index in [-0.39, 0.29) is 28.6 Å². The van der Waals surface area contributed by atoms with Gasteiger partial charge in [-0.2, -0.15) is 18.2 Å². The van der Waals surface area contributed by atoms with Gasteiger partial charge in [0, 0.05) is 17.4 Å². The summed E-state index contributed by atoms with van der Waals surface area (Å²) in [6.45, 7) is 2.14. The SMILES string of the molecule is CCOC(=O)CN/C(=C(/C)C(=N)C(F)(F)F)c1nc(-c2cccc(S(C)(=O)=O)c2)no1. The standard InChI is InChI=1S/C18H19F3N4O5S/c1-4-29-13(26)9-23-14(10(2)15(22)18(19,20)21)17-24-16(25-30-17)11-6-5-7-12(8-11)31(3,27)28/h5-8,22-23H,4,9H2,1-3H3/b14-10-,22-15?. The van der Waals surface area contributed by atoms with Crippen molar-refractivity contribution in [2.45, 2.75) is 24.9 Å². The fourth-order valence-corrected chi connectivity index (χ4v) is 3.05. The van der Waals surface area contributed by atoms with Gasteiger partial charge in [-0.1, -0.05) is 17.3 Å². The number of rotatable bonds is 8. The van der Waals surface area contributed by atoms with E-state index in [4.69, 9.17) is 14.7 Å². The number of carbonyl (C=O) groups is 1. The molecule has 0 atom stereocenters. The molecule has 168 valence electrons. The number of allylic oxidation sites excluding steroid dienone is 1.